The van der Waals surface area contributed by atoms with Crippen molar-refractivity contribution in [3.63, 3.8) is 0 Å². The van der Waals surface area contributed by atoms with Gasteiger partial charge in [-0.3, -0.25) is 4.79 Å². The van der Waals surface area contributed by atoms with Crippen LogP contribution in [0, 0.1) is 12.7 Å². The standard InChI is InChI=1S/C20H18BrFN4O/c1-12-4-6-14-18(25-17-7-5-13(21)10-16(17)22)15(11-23-19(14)24-12)20(27)26-8-2-3-9-26/h4-7,10-11H,2-3,8-9H2,1H3,(H,23,24,25). The van der Waals surface area contributed by atoms with Gasteiger partial charge in [-0.15, -0.1) is 0 Å². The summed E-state index contributed by atoms with van der Waals surface area (Å²) in [6.45, 7) is 3.34. The molecule has 0 atom stereocenters. The van der Waals surface area contributed by atoms with Gasteiger partial charge in [0.1, 0.15) is 5.82 Å². The van der Waals surface area contributed by atoms with Gasteiger partial charge in [0.05, 0.1) is 16.9 Å². The van der Waals surface area contributed by atoms with Gasteiger partial charge in [-0.05, 0) is 50.1 Å². The summed E-state index contributed by atoms with van der Waals surface area (Å²) in [5.41, 5.74) is 2.60. The molecule has 0 radical (unpaired) electrons. The van der Waals surface area contributed by atoms with Crippen LogP contribution < -0.4 is 5.32 Å². The summed E-state index contributed by atoms with van der Waals surface area (Å²) in [5.74, 6) is -0.503. The highest BCUT2D eigenvalue weighted by atomic mass is 79.9. The second kappa shape index (κ2) is 7.23. The number of aryl methyl sites for hydroxylation is 1. The number of amides is 1. The summed E-state index contributed by atoms with van der Waals surface area (Å²) in [4.78, 5) is 23.7. The summed E-state index contributed by atoms with van der Waals surface area (Å²) in [5, 5.41) is 3.80. The molecule has 1 fully saturated rings. The number of rotatable bonds is 3. The first-order valence-electron chi connectivity index (χ1n) is 8.80. The van der Waals surface area contributed by atoms with Crippen molar-refractivity contribution < 1.29 is 9.18 Å². The molecule has 1 aliphatic rings. The van der Waals surface area contributed by atoms with Crippen molar-refractivity contribution in [2.75, 3.05) is 18.4 Å². The number of pyridine rings is 2. The maximum Gasteiger partial charge on any atom is 0.257 e. The summed E-state index contributed by atoms with van der Waals surface area (Å²) >= 11 is 3.26. The number of carbonyl (C=O) groups is 1. The highest BCUT2D eigenvalue weighted by Crippen LogP contribution is 2.32. The molecule has 1 amide bonds. The van der Waals surface area contributed by atoms with Crippen LogP contribution in [0.3, 0.4) is 0 Å². The Balaban J connectivity index is 1.85. The third-order valence-electron chi connectivity index (χ3n) is 4.68. The molecule has 3 heterocycles. The lowest BCUT2D eigenvalue weighted by Crippen LogP contribution is -2.28. The summed E-state index contributed by atoms with van der Waals surface area (Å²) < 4.78 is 15.1. The van der Waals surface area contributed by atoms with Gasteiger partial charge >= 0.3 is 0 Å². The first kappa shape index (κ1) is 17.9. The number of nitrogens with one attached hydrogen (secondary N) is 1. The van der Waals surface area contributed by atoms with Crippen LogP contribution in [0.25, 0.3) is 11.0 Å². The van der Waals surface area contributed by atoms with Crippen LogP contribution in [-0.2, 0) is 0 Å². The number of benzene rings is 1. The van der Waals surface area contributed by atoms with Gasteiger partial charge in [0.15, 0.2) is 5.65 Å². The Morgan fingerprint density at radius 3 is 2.74 bits per heavy atom. The lowest BCUT2D eigenvalue weighted by molar-refractivity contribution is 0.0793. The summed E-state index contributed by atoms with van der Waals surface area (Å²) in [6, 6.07) is 8.49. The SMILES string of the molecule is Cc1ccc2c(Nc3ccc(Br)cc3F)c(C(=O)N3CCCC3)cnc2n1. The van der Waals surface area contributed by atoms with Crippen LogP contribution in [0.2, 0.25) is 0 Å². The van der Waals surface area contributed by atoms with E-state index in [1.807, 2.05) is 24.0 Å². The second-order valence-electron chi connectivity index (χ2n) is 6.62. The van der Waals surface area contributed by atoms with Gasteiger partial charge < -0.3 is 10.2 Å². The van der Waals surface area contributed by atoms with E-state index in [2.05, 4.69) is 31.2 Å². The van der Waals surface area contributed by atoms with Crippen molar-refractivity contribution >= 4 is 44.2 Å². The van der Waals surface area contributed by atoms with E-state index in [1.165, 1.54) is 12.3 Å². The van der Waals surface area contributed by atoms with Gasteiger partial charge in [0, 0.05) is 34.8 Å². The maximum atomic E-state index is 14.4. The molecule has 1 aromatic carbocycles. The van der Waals surface area contributed by atoms with Crippen LogP contribution in [0.15, 0.2) is 41.0 Å². The molecule has 1 N–H and O–H groups in total. The highest BCUT2D eigenvalue weighted by molar-refractivity contribution is 9.10. The maximum absolute atomic E-state index is 14.4. The normalized spacial score (nSPS) is 14.0. The predicted octanol–water partition coefficient (Wildman–Crippen LogP) is 4.82. The Labute approximate surface area is 164 Å². The minimum Gasteiger partial charge on any atom is -0.352 e. The van der Waals surface area contributed by atoms with Crippen LogP contribution in [0.5, 0.6) is 0 Å². The molecular formula is C20H18BrFN4O. The molecule has 3 aromatic rings. The van der Waals surface area contributed by atoms with Crippen LogP contribution in [-0.4, -0.2) is 33.9 Å². The number of hydrogen-bond acceptors (Lipinski definition) is 4. The number of fused-ring (bicyclic) bond motifs is 1. The molecule has 1 aliphatic heterocycles. The molecule has 4 rings (SSSR count). The molecule has 27 heavy (non-hydrogen) atoms. The monoisotopic (exact) mass is 428 g/mol. The second-order valence-corrected chi connectivity index (χ2v) is 7.53. The number of anilines is 2. The topological polar surface area (TPSA) is 58.1 Å². The van der Waals surface area contributed by atoms with Gasteiger partial charge in [-0.1, -0.05) is 15.9 Å². The first-order chi connectivity index (χ1) is 13.0. The molecule has 0 saturated carbocycles. The zero-order chi connectivity index (χ0) is 19.0. The van der Waals surface area contributed by atoms with Crippen molar-refractivity contribution in [1.29, 1.82) is 0 Å². The molecule has 0 spiro atoms. The Kier molecular flexibility index (Phi) is 4.78. The summed E-state index contributed by atoms with van der Waals surface area (Å²) in [7, 11) is 0. The molecule has 5 nitrogen and oxygen atoms in total. The van der Waals surface area contributed by atoms with Crippen LogP contribution >= 0.6 is 15.9 Å². The largest absolute Gasteiger partial charge is 0.352 e. The van der Waals surface area contributed by atoms with E-state index in [-0.39, 0.29) is 5.91 Å². The fraction of sp³-hybridized carbons (Fsp3) is 0.250. The van der Waals surface area contributed by atoms with E-state index in [0.29, 0.717) is 32.4 Å². The highest BCUT2D eigenvalue weighted by Gasteiger charge is 2.24. The zero-order valence-corrected chi connectivity index (χ0v) is 16.4. The molecule has 1 saturated heterocycles. The number of hydrogen-bond donors (Lipinski definition) is 1. The third-order valence-corrected chi connectivity index (χ3v) is 5.18. The average Bonchev–Trinajstić information content (AvgIpc) is 3.18. The van der Waals surface area contributed by atoms with Crippen molar-refractivity contribution in [1.82, 2.24) is 14.9 Å². The minimum atomic E-state index is -0.408. The molecular weight excluding hydrogens is 411 g/mol. The predicted molar refractivity (Wildman–Crippen MR) is 107 cm³/mol. The zero-order valence-electron chi connectivity index (χ0n) is 14.8. The first-order valence-corrected chi connectivity index (χ1v) is 9.60. The van der Waals surface area contributed by atoms with Crippen LogP contribution in [0.4, 0.5) is 15.8 Å². The Morgan fingerprint density at radius 2 is 2.00 bits per heavy atom. The lowest BCUT2D eigenvalue weighted by Gasteiger charge is -2.19. The van der Waals surface area contributed by atoms with Crippen LogP contribution in [0.1, 0.15) is 28.9 Å². The van der Waals surface area contributed by atoms with Gasteiger partial charge in [0.2, 0.25) is 0 Å². The van der Waals surface area contributed by atoms with Crippen molar-refractivity contribution in [2.45, 2.75) is 19.8 Å². The van der Waals surface area contributed by atoms with E-state index in [1.54, 1.807) is 12.1 Å². The average molecular weight is 429 g/mol. The fourth-order valence-corrected chi connectivity index (χ4v) is 3.62. The van der Waals surface area contributed by atoms with Crippen molar-refractivity contribution in [3.8, 4) is 0 Å². The Hall–Kier alpha value is -2.54. The van der Waals surface area contributed by atoms with E-state index >= 15 is 0 Å². The van der Waals surface area contributed by atoms with Gasteiger partial charge in [0.25, 0.3) is 5.91 Å². The van der Waals surface area contributed by atoms with Gasteiger partial charge in [-0.2, -0.15) is 0 Å². The Bertz CT molecular complexity index is 1030. The molecule has 0 aliphatic carbocycles. The number of carbonyl (C=O) groups excluding carboxylic acids is 1. The van der Waals surface area contributed by atoms with E-state index < -0.39 is 5.82 Å². The van der Waals surface area contributed by atoms with Crippen molar-refractivity contribution in [2.24, 2.45) is 0 Å². The molecule has 0 bridgehead atoms. The number of halogens is 2. The van der Waals surface area contributed by atoms with E-state index in [4.69, 9.17) is 0 Å². The Morgan fingerprint density at radius 1 is 1.22 bits per heavy atom. The minimum absolute atomic E-state index is 0.0949. The molecule has 2 aromatic heterocycles. The number of nitrogens with zero attached hydrogens (tertiary/aromatic N) is 3. The molecule has 7 heteroatoms. The number of aromatic nitrogens is 2. The fourth-order valence-electron chi connectivity index (χ4n) is 3.28. The molecule has 138 valence electrons. The third kappa shape index (κ3) is 3.51. The van der Waals surface area contributed by atoms with E-state index in [9.17, 15) is 9.18 Å². The quantitative estimate of drug-likeness (QED) is 0.649. The lowest BCUT2D eigenvalue weighted by atomic mass is 10.1. The smallest absolute Gasteiger partial charge is 0.257 e. The van der Waals surface area contributed by atoms with E-state index in [0.717, 1.165) is 31.6 Å². The number of likely N-dealkylation sites (tertiary alicyclic amines) is 1. The summed E-state index contributed by atoms with van der Waals surface area (Å²) in [6.07, 6.45) is 3.53. The molecule has 0 unspecified atom stereocenters. The van der Waals surface area contributed by atoms with Gasteiger partial charge in [-0.25, -0.2) is 14.4 Å². The van der Waals surface area contributed by atoms with Crippen molar-refractivity contribution in [3.05, 3.63) is 58.1 Å².